The standard InChI is InChI=1S/C11H13N3S/c1-3-12-11-14-13-10(15-11)9-6-4-8(2)5-7-9/h4-7H,3H2,1-2H3,(H,12,14). The third-order valence-corrected chi connectivity index (χ3v) is 2.98. The number of hydrogen-bond donors (Lipinski definition) is 1. The van der Waals surface area contributed by atoms with Crippen molar-refractivity contribution in [3.8, 4) is 10.6 Å². The van der Waals surface area contributed by atoms with Gasteiger partial charge in [0.1, 0.15) is 5.01 Å². The molecule has 0 fully saturated rings. The zero-order chi connectivity index (χ0) is 10.7. The number of hydrogen-bond acceptors (Lipinski definition) is 4. The third-order valence-electron chi connectivity index (χ3n) is 2.05. The highest BCUT2D eigenvalue weighted by atomic mass is 32.1. The molecule has 0 saturated heterocycles. The van der Waals surface area contributed by atoms with Crippen LogP contribution in [0.4, 0.5) is 5.13 Å². The minimum Gasteiger partial charge on any atom is -0.360 e. The second-order valence-corrected chi connectivity index (χ2v) is 4.29. The van der Waals surface area contributed by atoms with Gasteiger partial charge >= 0.3 is 0 Å². The lowest BCUT2D eigenvalue weighted by Crippen LogP contribution is -1.94. The fourth-order valence-corrected chi connectivity index (χ4v) is 2.08. The number of benzene rings is 1. The normalized spacial score (nSPS) is 10.3. The van der Waals surface area contributed by atoms with Gasteiger partial charge in [0.2, 0.25) is 5.13 Å². The van der Waals surface area contributed by atoms with Crippen LogP contribution in [0.1, 0.15) is 12.5 Å². The van der Waals surface area contributed by atoms with E-state index in [0.717, 1.165) is 22.2 Å². The average molecular weight is 219 g/mol. The van der Waals surface area contributed by atoms with Gasteiger partial charge in [0.25, 0.3) is 0 Å². The maximum atomic E-state index is 4.14. The molecule has 0 spiro atoms. The van der Waals surface area contributed by atoms with Crippen LogP contribution in [0.15, 0.2) is 24.3 Å². The highest BCUT2D eigenvalue weighted by molar-refractivity contribution is 7.18. The molecular formula is C11H13N3S. The highest BCUT2D eigenvalue weighted by Gasteiger charge is 2.04. The number of nitrogens with zero attached hydrogens (tertiary/aromatic N) is 2. The fourth-order valence-electron chi connectivity index (χ4n) is 1.26. The van der Waals surface area contributed by atoms with E-state index in [2.05, 4.69) is 46.7 Å². The molecular weight excluding hydrogens is 206 g/mol. The predicted molar refractivity (Wildman–Crippen MR) is 64.2 cm³/mol. The first-order chi connectivity index (χ1) is 7.29. The van der Waals surface area contributed by atoms with Gasteiger partial charge in [-0.15, -0.1) is 10.2 Å². The molecule has 4 heteroatoms. The van der Waals surface area contributed by atoms with Gasteiger partial charge in [-0.05, 0) is 13.8 Å². The summed E-state index contributed by atoms with van der Waals surface area (Å²) in [7, 11) is 0. The Morgan fingerprint density at radius 2 is 1.93 bits per heavy atom. The quantitative estimate of drug-likeness (QED) is 0.862. The minimum atomic E-state index is 0.878. The van der Waals surface area contributed by atoms with Gasteiger partial charge in [-0.3, -0.25) is 0 Å². The van der Waals surface area contributed by atoms with E-state index in [1.807, 2.05) is 6.92 Å². The van der Waals surface area contributed by atoms with Gasteiger partial charge in [-0.25, -0.2) is 0 Å². The molecule has 0 bridgehead atoms. The lowest BCUT2D eigenvalue weighted by Gasteiger charge is -1.95. The first kappa shape index (κ1) is 10.1. The summed E-state index contributed by atoms with van der Waals surface area (Å²) in [6.07, 6.45) is 0. The van der Waals surface area contributed by atoms with Crippen molar-refractivity contribution in [3.63, 3.8) is 0 Å². The topological polar surface area (TPSA) is 37.8 Å². The summed E-state index contributed by atoms with van der Waals surface area (Å²) in [6.45, 7) is 5.00. The molecule has 0 radical (unpaired) electrons. The molecule has 3 nitrogen and oxygen atoms in total. The van der Waals surface area contributed by atoms with Gasteiger partial charge in [-0.1, -0.05) is 41.2 Å². The van der Waals surface area contributed by atoms with Crippen molar-refractivity contribution in [2.75, 3.05) is 11.9 Å². The Morgan fingerprint density at radius 1 is 1.20 bits per heavy atom. The van der Waals surface area contributed by atoms with Crippen molar-refractivity contribution in [1.29, 1.82) is 0 Å². The lowest BCUT2D eigenvalue weighted by molar-refractivity contribution is 1.07. The van der Waals surface area contributed by atoms with E-state index in [4.69, 9.17) is 0 Å². The van der Waals surface area contributed by atoms with Crippen LogP contribution in [0, 0.1) is 6.92 Å². The Bertz CT molecular complexity index is 433. The maximum absolute atomic E-state index is 4.14. The highest BCUT2D eigenvalue weighted by Crippen LogP contribution is 2.26. The molecule has 0 aliphatic heterocycles. The van der Waals surface area contributed by atoms with E-state index in [1.54, 1.807) is 11.3 Å². The molecule has 1 N–H and O–H groups in total. The van der Waals surface area contributed by atoms with Crippen molar-refractivity contribution < 1.29 is 0 Å². The number of aryl methyl sites for hydroxylation is 1. The van der Waals surface area contributed by atoms with Crippen molar-refractivity contribution in [2.45, 2.75) is 13.8 Å². The van der Waals surface area contributed by atoms with Gasteiger partial charge in [-0.2, -0.15) is 0 Å². The van der Waals surface area contributed by atoms with Crippen LogP contribution in [0.25, 0.3) is 10.6 Å². The molecule has 15 heavy (non-hydrogen) atoms. The zero-order valence-corrected chi connectivity index (χ0v) is 9.64. The van der Waals surface area contributed by atoms with Gasteiger partial charge in [0.15, 0.2) is 0 Å². The summed E-state index contributed by atoms with van der Waals surface area (Å²) in [5.74, 6) is 0. The first-order valence-corrected chi connectivity index (χ1v) is 5.75. The Morgan fingerprint density at radius 3 is 2.60 bits per heavy atom. The molecule has 0 unspecified atom stereocenters. The van der Waals surface area contributed by atoms with Crippen LogP contribution in [0.3, 0.4) is 0 Å². The van der Waals surface area contributed by atoms with Crippen molar-refractivity contribution in [2.24, 2.45) is 0 Å². The third kappa shape index (κ3) is 2.33. The van der Waals surface area contributed by atoms with E-state index < -0.39 is 0 Å². The molecule has 0 aliphatic rings. The Kier molecular flexibility index (Phi) is 2.97. The van der Waals surface area contributed by atoms with E-state index in [1.165, 1.54) is 5.56 Å². The Hall–Kier alpha value is -1.42. The number of aromatic nitrogens is 2. The van der Waals surface area contributed by atoms with Crippen LogP contribution < -0.4 is 5.32 Å². The molecule has 0 saturated carbocycles. The molecule has 0 atom stereocenters. The van der Waals surface area contributed by atoms with Gasteiger partial charge in [0.05, 0.1) is 0 Å². The van der Waals surface area contributed by atoms with E-state index in [-0.39, 0.29) is 0 Å². The predicted octanol–water partition coefficient (Wildman–Crippen LogP) is 2.95. The van der Waals surface area contributed by atoms with Crippen molar-refractivity contribution >= 4 is 16.5 Å². The molecule has 0 aliphatic carbocycles. The van der Waals surface area contributed by atoms with Gasteiger partial charge in [0, 0.05) is 12.1 Å². The summed E-state index contributed by atoms with van der Waals surface area (Å²) in [5.41, 5.74) is 2.39. The van der Waals surface area contributed by atoms with E-state index in [9.17, 15) is 0 Å². The maximum Gasteiger partial charge on any atom is 0.205 e. The number of nitrogens with one attached hydrogen (secondary N) is 1. The molecule has 2 aromatic rings. The van der Waals surface area contributed by atoms with Crippen molar-refractivity contribution in [3.05, 3.63) is 29.8 Å². The molecule has 1 aromatic heterocycles. The smallest absolute Gasteiger partial charge is 0.205 e. The SMILES string of the molecule is CCNc1nnc(-c2ccc(C)cc2)s1. The van der Waals surface area contributed by atoms with Crippen LogP contribution in [0.5, 0.6) is 0 Å². The second kappa shape index (κ2) is 4.40. The van der Waals surface area contributed by atoms with Crippen LogP contribution in [-0.2, 0) is 0 Å². The minimum absolute atomic E-state index is 0.878. The lowest BCUT2D eigenvalue weighted by atomic mass is 10.2. The largest absolute Gasteiger partial charge is 0.360 e. The van der Waals surface area contributed by atoms with Crippen LogP contribution in [-0.4, -0.2) is 16.7 Å². The molecule has 0 amide bonds. The molecule has 1 aromatic carbocycles. The summed E-state index contributed by atoms with van der Waals surface area (Å²) in [4.78, 5) is 0. The summed E-state index contributed by atoms with van der Waals surface area (Å²) < 4.78 is 0. The van der Waals surface area contributed by atoms with Crippen LogP contribution >= 0.6 is 11.3 Å². The Labute approximate surface area is 93.2 Å². The summed E-state index contributed by atoms with van der Waals surface area (Å²) in [5, 5.41) is 13.2. The van der Waals surface area contributed by atoms with E-state index >= 15 is 0 Å². The molecule has 2 rings (SSSR count). The fraction of sp³-hybridized carbons (Fsp3) is 0.273. The molecule has 1 heterocycles. The average Bonchev–Trinajstić information content (AvgIpc) is 2.68. The monoisotopic (exact) mass is 219 g/mol. The number of anilines is 1. The summed E-state index contributed by atoms with van der Waals surface area (Å²) >= 11 is 1.58. The Balaban J connectivity index is 2.25. The van der Waals surface area contributed by atoms with Crippen LogP contribution in [0.2, 0.25) is 0 Å². The van der Waals surface area contributed by atoms with Gasteiger partial charge < -0.3 is 5.32 Å². The zero-order valence-electron chi connectivity index (χ0n) is 8.82. The molecule has 78 valence electrons. The number of rotatable bonds is 3. The van der Waals surface area contributed by atoms with E-state index in [0.29, 0.717) is 0 Å². The first-order valence-electron chi connectivity index (χ1n) is 4.94. The summed E-state index contributed by atoms with van der Waals surface area (Å²) in [6, 6.07) is 8.32. The second-order valence-electron chi connectivity index (χ2n) is 3.31. The van der Waals surface area contributed by atoms with Crippen molar-refractivity contribution in [1.82, 2.24) is 10.2 Å².